The van der Waals surface area contributed by atoms with Crippen molar-refractivity contribution in [2.75, 3.05) is 6.54 Å². The Hall–Kier alpha value is -1.56. The van der Waals surface area contributed by atoms with E-state index in [2.05, 4.69) is 20.8 Å². The number of nitrogens with one attached hydrogen (secondary N) is 3. The minimum Gasteiger partial charge on any atom is -0.347 e. The first-order valence-electron chi connectivity index (χ1n) is 6.53. The fraction of sp³-hybridized carbons (Fsp3) is 0.286. The van der Waals surface area contributed by atoms with Crippen molar-refractivity contribution < 1.29 is 4.79 Å². The molecular weight excluding hydrogens is 311 g/mol. The SMILES string of the molecule is Cl.O=C(NCc1cccc(Cl)c1)c1n[nH]c2c1CNCC2. The third kappa shape index (κ3) is 3.56. The highest BCUT2D eigenvalue weighted by Crippen LogP contribution is 2.15. The van der Waals surface area contributed by atoms with E-state index >= 15 is 0 Å². The standard InChI is InChI=1S/C14H15ClN4O.ClH/c15-10-3-1-2-9(6-10)7-17-14(20)13-11-8-16-5-4-12(11)18-19-13;/h1-3,6,16H,4-5,7-8H2,(H,17,20)(H,18,19);1H. The number of hydrogen-bond donors (Lipinski definition) is 3. The fourth-order valence-electron chi connectivity index (χ4n) is 2.33. The minimum absolute atomic E-state index is 0. The Balaban J connectivity index is 0.00000161. The molecule has 0 bridgehead atoms. The summed E-state index contributed by atoms with van der Waals surface area (Å²) in [5.41, 5.74) is 3.47. The molecule has 0 saturated carbocycles. The maximum atomic E-state index is 12.2. The van der Waals surface area contributed by atoms with Gasteiger partial charge < -0.3 is 10.6 Å². The van der Waals surface area contributed by atoms with Gasteiger partial charge in [-0.25, -0.2) is 0 Å². The average molecular weight is 327 g/mol. The Kier molecular flexibility index (Phi) is 5.22. The van der Waals surface area contributed by atoms with E-state index < -0.39 is 0 Å². The molecule has 0 atom stereocenters. The summed E-state index contributed by atoms with van der Waals surface area (Å²) < 4.78 is 0. The number of benzene rings is 1. The normalized spacial score (nSPS) is 13.2. The lowest BCUT2D eigenvalue weighted by Gasteiger charge is -2.12. The Bertz CT molecular complexity index is 642. The van der Waals surface area contributed by atoms with Crippen LogP contribution in [0.5, 0.6) is 0 Å². The number of rotatable bonds is 3. The molecule has 0 saturated heterocycles. The number of nitrogens with zero attached hydrogens (tertiary/aromatic N) is 1. The zero-order valence-corrected chi connectivity index (χ0v) is 12.9. The lowest BCUT2D eigenvalue weighted by Crippen LogP contribution is -2.28. The van der Waals surface area contributed by atoms with Crippen LogP contribution in [0, 0.1) is 0 Å². The van der Waals surface area contributed by atoms with Gasteiger partial charge in [0.05, 0.1) is 0 Å². The third-order valence-corrected chi connectivity index (χ3v) is 3.60. The summed E-state index contributed by atoms with van der Waals surface area (Å²) in [4.78, 5) is 12.2. The van der Waals surface area contributed by atoms with Crippen LogP contribution in [0.1, 0.15) is 27.3 Å². The van der Waals surface area contributed by atoms with Crippen LogP contribution in [0.2, 0.25) is 5.02 Å². The Morgan fingerprint density at radius 1 is 1.43 bits per heavy atom. The second-order valence-electron chi connectivity index (χ2n) is 4.77. The van der Waals surface area contributed by atoms with Gasteiger partial charge in [0.2, 0.25) is 0 Å². The molecule has 1 amide bonds. The van der Waals surface area contributed by atoms with Gasteiger partial charge in [-0.15, -0.1) is 12.4 Å². The van der Waals surface area contributed by atoms with Gasteiger partial charge in [-0.1, -0.05) is 23.7 Å². The highest BCUT2D eigenvalue weighted by molar-refractivity contribution is 6.30. The van der Waals surface area contributed by atoms with E-state index in [1.54, 1.807) is 0 Å². The first kappa shape index (κ1) is 15.8. The van der Waals surface area contributed by atoms with Crippen molar-refractivity contribution in [1.29, 1.82) is 0 Å². The van der Waals surface area contributed by atoms with Crippen molar-refractivity contribution >= 4 is 29.9 Å². The first-order chi connectivity index (χ1) is 9.74. The van der Waals surface area contributed by atoms with Crippen LogP contribution in [-0.2, 0) is 19.5 Å². The summed E-state index contributed by atoms with van der Waals surface area (Å²) in [7, 11) is 0. The molecule has 21 heavy (non-hydrogen) atoms. The topological polar surface area (TPSA) is 69.8 Å². The van der Waals surface area contributed by atoms with Crippen LogP contribution in [-0.4, -0.2) is 22.6 Å². The van der Waals surface area contributed by atoms with E-state index in [1.165, 1.54) is 0 Å². The molecule has 1 aliphatic heterocycles. The molecule has 7 heteroatoms. The first-order valence-corrected chi connectivity index (χ1v) is 6.91. The molecule has 0 aliphatic carbocycles. The van der Waals surface area contributed by atoms with Gasteiger partial charge in [-0.05, 0) is 17.7 Å². The molecule has 0 radical (unpaired) electrons. The molecule has 1 aliphatic rings. The summed E-state index contributed by atoms with van der Waals surface area (Å²) in [6.45, 7) is 2.04. The van der Waals surface area contributed by atoms with Crippen LogP contribution in [0.25, 0.3) is 0 Å². The Labute approximate surface area is 133 Å². The van der Waals surface area contributed by atoms with E-state index in [1.807, 2.05) is 24.3 Å². The average Bonchev–Trinajstić information content (AvgIpc) is 2.89. The van der Waals surface area contributed by atoms with Gasteiger partial charge in [0.15, 0.2) is 5.69 Å². The van der Waals surface area contributed by atoms with E-state index in [-0.39, 0.29) is 18.3 Å². The molecule has 112 valence electrons. The zero-order chi connectivity index (χ0) is 13.9. The van der Waals surface area contributed by atoms with Crippen LogP contribution in [0.15, 0.2) is 24.3 Å². The largest absolute Gasteiger partial charge is 0.347 e. The van der Waals surface area contributed by atoms with Crippen molar-refractivity contribution in [2.45, 2.75) is 19.5 Å². The number of aromatic nitrogens is 2. The smallest absolute Gasteiger partial charge is 0.272 e. The zero-order valence-electron chi connectivity index (χ0n) is 11.3. The van der Waals surface area contributed by atoms with Gasteiger partial charge in [-0.2, -0.15) is 5.10 Å². The van der Waals surface area contributed by atoms with Gasteiger partial charge in [0, 0.05) is 42.3 Å². The predicted octanol–water partition coefficient (Wildman–Crippen LogP) is 2.06. The van der Waals surface area contributed by atoms with E-state index in [4.69, 9.17) is 11.6 Å². The van der Waals surface area contributed by atoms with Crippen molar-refractivity contribution in [2.24, 2.45) is 0 Å². The van der Waals surface area contributed by atoms with Gasteiger partial charge in [0.1, 0.15) is 0 Å². The highest BCUT2D eigenvalue weighted by atomic mass is 35.5. The molecule has 2 heterocycles. The number of aromatic amines is 1. The van der Waals surface area contributed by atoms with Crippen LogP contribution >= 0.6 is 24.0 Å². The number of carbonyl (C=O) groups excluding carboxylic acids is 1. The van der Waals surface area contributed by atoms with Crippen molar-refractivity contribution in [3.63, 3.8) is 0 Å². The lowest BCUT2D eigenvalue weighted by atomic mass is 10.1. The molecule has 0 unspecified atom stereocenters. The highest BCUT2D eigenvalue weighted by Gasteiger charge is 2.21. The quantitative estimate of drug-likeness (QED) is 0.808. The summed E-state index contributed by atoms with van der Waals surface area (Å²) >= 11 is 5.92. The van der Waals surface area contributed by atoms with Crippen molar-refractivity contribution in [1.82, 2.24) is 20.8 Å². The molecule has 0 fully saturated rings. The summed E-state index contributed by atoms with van der Waals surface area (Å²) in [6.07, 6.45) is 0.879. The van der Waals surface area contributed by atoms with Crippen molar-refractivity contribution in [3.05, 3.63) is 51.8 Å². The second-order valence-corrected chi connectivity index (χ2v) is 5.21. The number of carbonyl (C=O) groups is 1. The second kappa shape index (κ2) is 6.93. The number of fused-ring (bicyclic) bond motifs is 1. The van der Waals surface area contributed by atoms with E-state index in [9.17, 15) is 4.79 Å². The Morgan fingerprint density at radius 3 is 3.10 bits per heavy atom. The molecule has 2 aromatic rings. The Morgan fingerprint density at radius 2 is 2.29 bits per heavy atom. The number of H-pyrrole nitrogens is 1. The lowest BCUT2D eigenvalue weighted by molar-refractivity contribution is 0.0944. The monoisotopic (exact) mass is 326 g/mol. The van der Waals surface area contributed by atoms with E-state index in [0.717, 1.165) is 29.8 Å². The molecular formula is C14H16Cl2N4O. The molecule has 0 spiro atoms. The molecule has 3 N–H and O–H groups in total. The van der Waals surface area contributed by atoms with Crippen molar-refractivity contribution in [3.8, 4) is 0 Å². The van der Waals surface area contributed by atoms with Gasteiger partial charge in [0.25, 0.3) is 5.91 Å². The van der Waals surface area contributed by atoms with Crippen LogP contribution < -0.4 is 10.6 Å². The van der Waals surface area contributed by atoms with Crippen LogP contribution in [0.4, 0.5) is 0 Å². The van der Waals surface area contributed by atoms with E-state index in [0.29, 0.717) is 23.8 Å². The maximum Gasteiger partial charge on any atom is 0.272 e. The molecule has 5 nitrogen and oxygen atoms in total. The third-order valence-electron chi connectivity index (χ3n) is 3.36. The number of halogens is 2. The molecule has 1 aromatic heterocycles. The minimum atomic E-state index is -0.161. The molecule has 3 rings (SSSR count). The summed E-state index contributed by atoms with van der Waals surface area (Å²) in [5.74, 6) is -0.161. The van der Waals surface area contributed by atoms with Crippen LogP contribution in [0.3, 0.4) is 0 Å². The fourth-order valence-corrected chi connectivity index (χ4v) is 2.54. The number of hydrogen-bond acceptors (Lipinski definition) is 3. The number of amides is 1. The maximum absolute atomic E-state index is 12.2. The molecule has 1 aromatic carbocycles. The van der Waals surface area contributed by atoms with Gasteiger partial charge in [-0.3, -0.25) is 9.89 Å². The van der Waals surface area contributed by atoms with Gasteiger partial charge >= 0.3 is 0 Å². The predicted molar refractivity (Wildman–Crippen MR) is 83.9 cm³/mol. The summed E-state index contributed by atoms with van der Waals surface area (Å²) in [6, 6.07) is 7.43. The summed E-state index contributed by atoms with van der Waals surface area (Å²) in [5, 5.41) is 13.8.